The van der Waals surface area contributed by atoms with Gasteiger partial charge in [0, 0.05) is 0 Å². The fourth-order valence-electron chi connectivity index (χ4n) is 0.849. The molecule has 0 aliphatic heterocycles. The molecule has 0 nitrogen and oxygen atoms in total. The standard InChI is InChI=1S/C8H5S.Rf/c1-2-4-8-7(3-1)5-6-9-8;/h1-5H;/q-1;. The molecule has 0 unspecified atom stereocenters. The summed E-state index contributed by atoms with van der Waals surface area (Å²) in [6.45, 7) is 0. The molecule has 0 saturated carbocycles. The molecule has 0 bridgehead atoms. The van der Waals surface area contributed by atoms with Crippen molar-refractivity contribution in [3.63, 3.8) is 0 Å². The van der Waals surface area contributed by atoms with Gasteiger partial charge in [-0.25, -0.2) is 0 Å². The summed E-state index contributed by atoms with van der Waals surface area (Å²) in [5.41, 5.74) is 0. The van der Waals surface area contributed by atoms with Gasteiger partial charge in [-0.1, -0.05) is 12.1 Å². The van der Waals surface area contributed by atoms with Crippen LogP contribution in [0.4, 0.5) is 0 Å². The van der Waals surface area contributed by atoms with Crippen molar-refractivity contribution in [3.8, 4) is 0 Å². The first-order valence-electron chi connectivity index (χ1n) is 2.81. The maximum Gasteiger partial charge on any atom is 0 e. The minimum atomic E-state index is 0. The summed E-state index contributed by atoms with van der Waals surface area (Å²) in [4.78, 5) is 0. The van der Waals surface area contributed by atoms with E-state index in [4.69, 9.17) is 0 Å². The van der Waals surface area contributed by atoms with Crippen LogP contribution in [0.25, 0.3) is 10.1 Å². The molecule has 10 heavy (non-hydrogen) atoms. The third kappa shape index (κ3) is 0.720. The van der Waals surface area contributed by atoms with Crippen molar-refractivity contribution in [2.24, 2.45) is 0 Å². The first kappa shape index (κ1) is 6.30. The molecule has 0 N–H and O–H groups in total. The molecule has 2 aromatic rings. The summed E-state index contributed by atoms with van der Waals surface area (Å²) >= 11 is 1.66. The van der Waals surface area contributed by atoms with Crippen molar-refractivity contribution < 1.29 is 0 Å². The Morgan fingerprint density at radius 1 is 1.20 bits per heavy atom. The van der Waals surface area contributed by atoms with Crippen molar-refractivity contribution >= 4 is 21.4 Å². The van der Waals surface area contributed by atoms with Crippen LogP contribution in [-0.4, -0.2) is 0 Å². The number of fused-ring (bicyclic) bond motifs is 1. The second kappa shape index (κ2) is 2.19. The molecule has 2 rings (SSSR count). The molecule has 1 heterocycles. The van der Waals surface area contributed by atoms with Crippen LogP contribution < -0.4 is 0 Å². The van der Waals surface area contributed by atoms with E-state index >= 15 is 0 Å². The van der Waals surface area contributed by atoms with E-state index in [-0.39, 0.29) is 0 Å². The van der Waals surface area contributed by atoms with Gasteiger partial charge in [-0.2, -0.15) is 11.5 Å². The van der Waals surface area contributed by atoms with E-state index in [0.717, 1.165) is 0 Å². The molecule has 1 aromatic heterocycles. The quantitative estimate of drug-likeness (QED) is 0.597. The van der Waals surface area contributed by atoms with Gasteiger partial charge in [0.2, 0.25) is 0 Å². The largest absolute Gasteiger partial charge is 0.296 e. The van der Waals surface area contributed by atoms with Gasteiger partial charge in [-0.15, -0.1) is 22.2 Å². The van der Waals surface area contributed by atoms with Gasteiger partial charge in [0.1, 0.15) is 0 Å². The van der Waals surface area contributed by atoms with Crippen LogP contribution in [0.2, 0.25) is 0 Å². The maximum atomic E-state index is 3.08. The van der Waals surface area contributed by atoms with E-state index in [1.54, 1.807) is 11.3 Å². The van der Waals surface area contributed by atoms with Gasteiger partial charge in [-0.3, -0.25) is 11.3 Å². The molecule has 0 aliphatic rings. The molecule has 0 fully saturated rings. The molecule has 0 radical (unpaired) electrons. The van der Waals surface area contributed by atoms with Crippen LogP contribution in [-0.2, 0) is 0 Å². The fraction of sp³-hybridized carbons (Fsp3) is 0. The van der Waals surface area contributed by atoms with Crippen molar-refractivity contribution in [2.45, 2.75) is 0 Å². The Kier molecular flexibility index (Phi) is 1.38. The monoisotopic (exact) mass is 400 g/mol. The van der Waals surface area contributed by atoms with E-state index in [1.807, 2.05) is 18.2 Å². The molecule has 0 atom stereocenters. The summed E-state index contributed by atoms with van der Waals surface area (Å²) in [5.74, 6) is 0. The van der Waals surface area contributed by atoms with Gasteiger partial charge in [0.15, 0.2) is 0 Å². The van der Waals surface area contributed by atoms with E-state index < -0.39 is 0 Å². The molecular weight excluding hydrogens is 395 g/mol. The zero-order chi connectivity index (χ0) is 6.10. The van der Waals surface area contributed by atoms with Gasteiger partial charge in [0.25, 0.3) is 0 Å². The summed E-state index contributed by atoms with van der Waals surface area (Å²) in [7, 11) is 0. The Morgan fingerprint density at radius 3 is 2.80 bits per heavy atom. The predicted molar refractivity (Wildman–Crippen MR) is 40.7 cm³/mol. The number of rotatable bonds is 0. The second-order valence-corrected chi connectivity index (χ2v) is 2.78. The third-order valence-electron chi connectivity index (χ3n) is 1.30. The van der Waals surface area contributed by atoms with Gasteiger partial charge >= 0.3 is 0 Å². The Labute approximate surface area is 57.8 Å². The molecular formula is C8H5RfS-. The van der Waals surface area contributed by atoms with E-state index in [9.17, 15) is 0 Å². The van der Waals surface area contributed by atoms with Crippen LogP contribution in [0.15, 0.2) is 30.3 Å². The number of benzene rings is 1. The minimum absolute atomic E-state index is 0. The average Bonchev–Trinajstić information content (AvgIpc) is 2.33. The molecule has 0 amide bonds. The summed E-state index contributed by atoms with van der Waals surface area (Å²) in [6.07, 6.45) is 0. The average molecular weight is 400 g/mol. The maximum absolute atomic E-state index is 3.08. The second-order valence-electron chi connectivity index (χ2n) is 1.90. The van der Waals surface area contributed by atoms with Crippen LogP contribution in [0.5, 0.6) is 0 Å². The molecule has 0 aliphatic carbocycles. The van der Waals surface area contributed by atoms with Crippen molar-refractivity contribution in [2.75, 3.05) is 0 Å². The number of thiophene rings is 1. The van der Waals surface area contributed by atoms with Gasteiger partial charge < -0.3 is 0 Å². The third-order valence-corrected chi connectivity index (χ3v) is 2.13. The van der Waals surface area contributed by atoms with Gasteiger partial charge in [0.05, 0.1) is 0 Å². The zero-order valence-electron chi connectivity index (χ0n) is 5.50. The van der Waals surface area contributed by atoms with Crippen molar-refractivity contribution in [1.82, 2.24) is 0 Å². The van der Waals surface area contributed by atoms with Crippen LogP contribution in [0.1, 0.15) is 0 Å². The first-order chi connectivity index (χ1) is 4.47. The molecule has 2 heteroatoms. The Balaban J connectivity index is 0.000000500. The molecule has 1 aromatic carbocycles. The fourth-order valence-corrected chi connectivity index (χ4v) is 1.55. The minimum Gasteiger partial charge on any atom is -0.296 e. The van der Waals surface area contributed by atoms with Crippen LogP contribution in [0, 0.1) is 5.38 Å². The van der Waals surface area contributed by atoms with E-state index in [2.05, 4.69) is 17.5 Å². The molecule has 0 saturated heterocycles. The molecule has 0 spiro atoms. The van der Waals surface area contributed by atoms with Gasteiger partial charge in [-0.05, 0) is 0 Å². The SMILES string of the molecule is [Rf].[c-]1cc2ccccc2s1. The summed E-state index contributed by atoms with van der Waals surface area (Å²) in [5, 5.41) is 4.37. The van der Waals surface area contributed by atoms with E-state index in [1.165, 1.54) is 10.1 Å². The Morgan fingerprint density at radius 2 is 2.00 bits per heavy atom. The normalized spacial score (nSPS) is 9.20. The summed E-state index contributed by atoms with van der Waals surface area (Å²) < 4.78 is 1.32. The Bertz CT molecular complexity index is 283. The van der Waals surface area contributed by atoms with Crippen molar-refractivity contribution in [1.29, 1.82) is 0 Å². The topological polar surface area (TPSA) is 0 Å². The predicted octanol–water partition coefficient (Wildman–Crippen LogP) is 2.70. The summed E-state index contributed by atoms with van der Waals surface area (Å²) in [6, 6.07) is 10.3. The molecule has 46 valence electrons. The van der Waals surface area contributed by atoms with Crippen molar-refractivity contribution in [3.05, 3.63) is 35.7 Å². The number of hydrogen-bond donors (Lipinski definition) is 0. The van der Waals surface area contributed by atoms with Crippen LogP contribution in [0.3, 0.4) is 0 Å². The zero-order valence-corrected chi connectivity index (χ0v) is 12.7. The smallest absolute Gasteiger partial charge is 0 e. The van der Waals surface area contributed by atoms with E-state index in [0.29, 0.717) is 0 Å². The first-order valence-corrected chi connectivity index (χ1v) is 3.63. The van der Waals surface area contributed by atoms with Crippen LogP contribution >= 0.6 is 11.3 Å². The number of hydrogen-bond acceptors (Lipinski definition) is 1. The Hall–Kier alpha value is -1.82.